The Labute approximate surface area is 105 Å². The topological polar surface area (TPSA) is 12.9 Å². The number of halogens is 4. The van der Waals surface area contributed by atoms with E-state index in [9.17, 15) is 13.2 Å². The zero-order chi connectivity index (χ0) is 12.6. The zero-order valence-electron chi connectivity index (χ0n) is 8.85. The summed E-state index contributed by atoms with van der Waals surface area (Å²) >= 11 is 3.30. The van der Waals surface area contributed by atoms with Gasteiger partial charge in [-0.3, -0.25) is 4.98 Å². The number of hydrogen-bond donors (Lipinski definition) is 0. The molecule has 0 saturated heterocycles. The van der Waals surface area contributed by atoms with E-state index in [4.69, 9.17) is 0 Å². The van der Waals surface area contributed by atoms with Crippen LogP contribution in [0.1, 0.15) is 12.6 Å². The quantitative estimate of drug-likeness (QED) is 0.756. The molecule has 0 atom stereocenters. The molecular weight excluding hydrogens is 295 g/mol. The van der Waals surface area contributed by atoms with Gasteiger partial charge in [0.1, 0.15) is 5.92 Å². The van der Waals surface area contributed by atoms with Crippen molar-refractivity contribution in [2.45, 2.75) is 13.1 Å². The van der Waals surface area contributed by atoms with Crippen LogP contribution in [0.4, 0.5) is 13.2 Å². The second-order valence-corrected chi connectivity index (χ2v) is 4.57. The zero-order valence-corrected chi connectivity index (χ0v) is 10.4. The van der Waals surface area contributed by atoms with Crippen molar-refractivity contribution in [1.29, 1.82) is 0 Å². The minimum Gasteiger partial charge on any atom is -0.252 e. The molecule has 1 radical (unpaired) electrons. The smallest absolute Gasteiger partial charge is 0.252 e. The maximum absolute atomic E-state index is 12.5. The Hall–Kier alpha value is -1.10. The lowest BCUT2D eigenvalue weighted by atomic mass is 10.1. The maximum Gasteiger partial charge on any atom is 0.400 e. The normalized spacial score (nSPS) is 12.4. The molecule has 2 rings (SSSR count). The van der Waals surface area contributed by atoms with Crippen LogP contribution < -0.4 is 0 Å². The molecule has 17 heavy (non-hydrogen) atoms. The Morgan fingerprint density at radius 3 is 2.53 bits per heavy atom. The molecule has 2 aromatic rings. The molecule has 0 bridgehead atoms. The van der Waals surface area contributed by atoms with Crippen LogP contribution in [-0.4, -0.2) is 11.2 Å². The lowest BCUT2D eigenvalue weighted by Gasteiger charge is -2.14. The summed E-state index contributed by atoms with van der Waals surface area (Å²) in [7, 11) is 0. The predicted octanol–water partition coefficient (Wildman–Crippen LogP) is 4.50. The standard InChI is InChI=1S/C12H8BrF3N/c1-7(12(14,15)16)10-4-2-8-6-9(13)3-5-11(8)17-10/h2-6H,1H3. The van der Waals surface area contributed by atoms with Crippen LogP contribution in [0.15, 0.2) is 34.8 Å². The van der Waals surface area contributed by atoms with Gasteiger partial charge in [0.15, 0.2) is 0 Å². The number of hydrogen-bond acceptors (Lipinski definition) is 1. The number of fused-ring (bicyclic) bond motifs is 1. The van der Waals surface area contributed by atoms with Gasteiger partial charge in [0.2, 0.25) is 0 Å². The minimum atomic E-state index is -4.34. The van der Waals surface area contributed by atoms with Crippen molar-refractivity contribution >= 4 is 26.8 Å². The van der Waals surface area contributed by atoms with Gasteiger partial charge in [-0.25, -0.2) is 0 Å². The van der Waals surface area contributed by atoms with E-state index in [2.05, 4.69) is 20.9 Å². The van der Waals surface area contributed by atoms with Crippen molar-refractivity contribution in [2.24, 2.45) is 0 Å². The number of pyridine rings is 1. The third-order valence-electron chi connectivity index (χ3n) is 2.46. The summed E-state index contributed by atoms with van der Waals surface area (Å²) in [5.41, 5.74) is 0.515. The second kappa shape index (κ2) is 4.29. The highest BCUT2D eigenvalue weighted by Crippen LogP contribution is 2.33. The van der Waals surface area contributed by atoms with E-state index >= 15 is 0 Å². The van der Waals surface area contributed by atoms with Gasteiger partial charge in [0.05, 0.1) is 11.2 Å². The van der Waals surface area contributed by atoms with Gasteiger partial charge < -0.3 is 0 Å². The van der Waals surface area contributed by atoms with Crippen molar-refractivity contribution in [3.8, 4) is 0 Å². The average Bonchev–Trinajstić information content (AvgIpc) is 2.26. The molecular formula is C12H8BrF3N. The largest absolute Gasteiger partial charge is 0.400 e. The molecule has 1 nitrogen and oxygen atoms in total. The first-order valence-electron chi connectivity index (χ1n) is 4.85. The van der Waals surface area contributed by atoms with Crippen LogP contribution in [0, 0.1) is 5.92 Å². The summed E-state index contributed by atoms with van der Waals surface area (Å²) in [4.78, 5) is 4.00. The summed E-state index contributed by atoms with van der Waals surface area (Å²) in [5, 5.41) is 0.804. The molecule has 0 aliphatic rings. The Morgan fingerprint density at radius 1 is 1.18 bits per heavy atom. The molecule has 1 aromatic heterocycles. The van der Waals surface area contributed by atoms with Crippen molar-refractivity contribution < 1.29 is 13.2 Å². The van der Waals surface area contributed by atoms with E-state index in [1.165, 1.54) is 6.07 Å². The first-order chi connectivity index (χ1) is 7.88. The van der Waals surface area contributed by atoms with E-state index in [0.29, 0.717) is 5.52 Å². The average molecular weight is 303 g/mol. The molecule has 5 heteroatoms. The fraction of sp³-hybridized carbons (Fsp3) is 0.167. The molecule has 1 heterocycles. The molecule has 0 unspecified atom stereocenters. The molecule has 0 saturated carbocycles. The number of benzene rings is 1. The summed E-state index contributed by atoms with van der Waals surface area (Å²) in [5.74, 6) is -0.678. The lowest BCUT2D eigenvalue weighted by molar-refractivity contribution is -0.108. The van der Waals surface area contributed by atoms with Crippen LogP contribution >= 0.6 is 15.9 Å². The predicted molar refractivity (Wildman–Crippen MR) is 63.5 cm³/mol. The maximum atomic E-state index is 12.5. The fourth-order valence-electron chi connectivity index (χ4n) is 1.45. The number of nitrogens with zero attached hydrogens (tertiary/aromatic N) is 1. The van der Waals surface area contributed by atoms with Gasteiger partial charge in [-0.15, -0.1) is 0 Å². The molecule has 0 N–H and O–H groups in total. The molecule has 1 aromatic carbocycles. The highest BCUT2D eigenvalue weighted by Gasteiger charge is 2.38. The van der Waals surface area contributed by atoms with E-state index < -0.39 is 12.1 Å². The monoisotopic (exact) mass is 302 g/mol. The molecule has 0 aliphatic heterocycles. The van der Waals surface area contributed by atoms with Gasteiger partial charge in [-0.05, 0) is 31.2 Å². The number of rotatable bonds is 1. The number of aromatic nitrogens is 1. The van der Waals surface area contributed by atoms with Crippen LogP contribution in [-0.2, 0) is 0 Å². The Kier molecular flexibility index (Phi) is 3.12. The highest BCUT2D eigenvalue weighted by molar-refractivity contribution is 9.10. The van der Waals surface area contributed by atoms with Crippen molar-refractivity contribution in [3.63, 3.8) is 0 Å². The molecule has 0 spiro atoms. The van der Waals surface area contributed by atoms with Crippen molar-refractivity contribution in [2.75, 3.05) is 0 Å². The molecule has 0 fully saturated rings. The second-order valence-electron chi connectivity index (χ2n) is 3.66. The van der Waals surface area contributed by atoms with E-state index in [1.54, 1.807) is 18.2 Å². The Bertz CT molecular complexity index is 551. The first kappa shape index (κ1) is 12.4. The van der Waals surface area contributed by atoms with Crippen LogP contribution in [0.25, 0.3) is 10.9 Å². The third-order valence-corrected chi connectivity index (χ3v) is 2.95. The third kappa shape index (κ3) is 2.60. The molecule has 89 valence electrons. The Morgan fingerprint density at radius 2 is 1.88 bits per heavy atom. The van der Waals surface area contributed by atoms with Gasteiger partial charge in [0.25, 0.3) is 0 Å². The summed E-state index contributed by atoms with van der Waals surface area (Å²) < 4.78 is 38.4. The summed E-state index contributed by atoms with van der Waals surface area (Å²) in [6, 6.07) is 8.28. The Balaban J connectivity index is 2.48. The minimum absolute atomic E-state index is 0.0349. The van der Waals surface area contributed by atoms with Gasteiger partial charge in [-0.2, -0.15) is 13.2 Å². The van der Waals surface area contributed by atoms with Crippen LogP contribution in [0.2, 0.25) is 0 Å². The van der Waals surface area contributed by atoms with Crippen LogP contribution in [0.5, 0.6) is 0 Å². The fourth-order valence-corrected chi connectivity index (χ4v) is 1.83. The molecule has 0 amide bonds. The number of alkyl halides is 3. The van der Waals surface area contributed by atoms with E-state index in [1.807, 2.05) is 6.07 Å². The summed E-state index contributed by atoms with van der Waals surface area (Å²) in [6.45, 7) is 1.03. The van der Waals surface area contributed by atoms with E-state index in [-0.39, 0.29) is 5.69 Å². The van der Waals surface area contributed by atoms with Gasteiger partial charge >= 0.3 is 6.18 Å². The summed E-state index contributed by atoms with van der Waals surface area (Å²) in [6.07, 6.45) is -4.34. The first-order valence-corrected chi connectivity index (χ1v) is 5.64. The van der Waals surface area contributed by atoms with Crippen molar-refractivity contribution in [1.82, 2.24) is 4.98 Å². The van der Waals surface area contributed by atoms with E-state index in [0.717, 1.165) is 16.8 Å². The van der Waals surface area contributed by atoms with Crippen LogP contribution in [0.3, 0.4) is 0 Å². The SMILES string of the molecule is C[C](c1ccc2cc(Br)ccc2n1)C(F)(F)F. The lowest BCUT2D eigenvalue weighted by Crippen LogP contribution is -2.19. The van der Waals surface area contributed by atoms with Gasteiger partial charge in [0, 0.05) is 9.86 Å². The van der Waals surface area contributed by atoms with Crippen molar-refractivity contribution in [3.05, 3.63) is 46.4 Å². The highest BCUT2D eigenvalue weighted by atomic mass is 79.9. The molecule has 0 aliphatic carbocycles. The van der Waals surface area contributed by atoms with Gasteiger partial charge in [-0.1, -0.05) is 22.0 Å².